The monoisotopic (exact) mass is 256 g/mol. The number of carboxylic acids is 1. The highest BCUT2D eigenvalue weighted by atomic mass is 16.4. The maximum absolute atomic E-state index is 11.4. The van der Waals surface area contributed by atoms with E-state index in [0.717, 1.165) is 25.4 Å². The van der Waals surface area contributed by atoms with Gasteiger partial charge in [0.15, 0.2) is 0 Å². The summed E-state index contributed by atoms with van der Waals surface area (Å²) in [6, 6.07) is 0.578. The summed E-state index contributed by atoms with van der Waals surface area (Å²) in [4.78, 5) is 13.7. The van der Waals surface area contributed by atoms with Crippen LogP contribution in [-0.4, -0.2) is 47.7 Å². The minimum absolute atomic E-state index is 0.578. The number of carboxylic acid groups (broad SMARTS) is 1. The van der Waals surface area contributed by atoms with Crippen molar-refractivity contribution in [3.63, 3.8) is 0 Å². The van der Waals surface area contributed by atoms with Crippen molar-refractivity contribution in [2.75, 3.05) is 20.1 Å². The maximum atomic E-state index is 11.4. The van der Waals surface area contributed by atoms with Gasteiger partial charge in [-0.05, 0) is 59.0 Å². The second kappa shape index (κ2) is 6.53. The normalized spacial score (nSPS) is 20.7. The topological polar surface area (TPSA) is 52.6 Å². The third-order valence-electron chi connectivity index (χ3n) is 4.20. The van der Waals surface area contributed by atoms with Crippen molar-refractivity contribution in [2.24, 2.45) is 5.92 Å². The molecule has 0 heterocycles. The van der Waals surface area contributed by atoms with E-state index in [1.54, 1.807) is 6.92 Å². The van der Waals surface area contributed by atoms with E-state index in [4.69, 9.17) is 0 Å². The second-order valence-corrected chi connectivity index (χ2v) is 5.87. The van der Waals surface area contributed by atoms with Crippen molar-refractivity contribution < 1.29 is 9.90 Å². The van der Waals surface area contributed by atoms with Gasteiger partial charge in [0.1, 0.15) is 5.54 Å². The fourth-order valence-corrected chi connectivity index (χ4v) is 2.21. The Morgan fingerprint density at radius 3 is 2.61 bits per heavy atom. The Kier molecular flexibility index (Phi) is 5.60. The lowest BCUT2D eigenvalue weighted by Gasteiger charge is -2.31. The smallest absolute Gasteiger partial charge is 0.323 e. The molecule has 0 amide bonds. The number of aliphatic carboxylic acids is 1. The first-order chi connectivity index (χ1) is 8.40. The number of rotatable bonds is 9. The van der Waals surface area contributed by atoms with Crippen molar-refractivity contribution in [2.45, 2.75) is 58.0 Å². The van der Waals surface area contributed by atoms with Gasteiger partial charge in [0.2, 0.25) is 0 Å². The van der Waals surface area contributed by atoms with Crippen LogP contribution in [0.15, 0.2) is 0 Å². The minimum atomic E-state index is -0.798. The SMILES string of the molecule is CCCNC(C)(CCN(C)C(C)C1CC1)C(=O)O. The molecule has 0 aromatic heterocycles. The molecule has 1 fully saturated rings. The summed E-state index contributed by atoms with van der Waals surface area (Å²) >= 11 is 0. The molecular formula is C14H28N2O2. The molecule has 0 saturated heterocycles. The number of carbonyl (C=O) groups is 1. The second-order valence-electron chi connectivity index (χ2n) is 5.87. The Bertz CT molecular complexity index is 279. The summed E-state index contributed by atoms with van der Waals surface area (Å²) in [7, 11) is 2.10. The molecule has 1 aliphatic rings. The molecule has 0 bridgehead atoms. The summed E-state index contributed by atoms with van der Waals surface area (Å²) in [6.45, 7) is 7.67. The van der Waals surface area contributed by atoms with Crippen LogP contribution >= 0.6 is 0 Å². The zero-order valence-corrected chi connectivity index (χ0v) is 12.2. The Hall–Kier alpha value is -0.610. The first kappa shape index (κ1) is 15.4. The zero-order valence-electron chi connectivity index (χ0n) is 12.2. The summed E-state index contributed by atoms with van der Waals surface area (Å²) in [5.41, 5.74) is -0.798. The number of nitrogens with zero attached hydrogens (tertiary/aromatic N) is 1. The lowest BCUT2D eigenvalue weighted by Crippen LogP contribution is -2.52. The van der Waals surface area contributed by atoms with E-state index in [1.807, 2.05) is 0 Å². The Balaban J connectivity index is 2.42. The van der Waals surface area contributed by atoms with Crippen LogP contribution in [0.5, 0.6) is 0 Å². The Labute approximate surface area is 111 Å². The predicted molar refractivity (Wildman–Crippen MR) is 73.8 cm³/mol. The Morgan fingerprint density at radius 2 is 2.17 bits per heavy atom. The van der Waals surface area contributed by atoms with Crippen LogP contribution in [0.25, 0.3) is 0 Å². The van der Waals surface area contributed by atoms with Gasteiger partial charge in [0.25, 0.3) is 0 Å². The molecule has 18 heavy (non-hydrogen) atoms. The highest BCUT2D eigenvalue weighted by Gasteiger charge is 2.34. The summed E-state index contributed by atoms with van der Waals surface area (Å²) in [5, 5.41) is 12.5. The van der Waals surface area contributed by atoms with Gasteiger partial charge in [-0.2, -0.15) is 0 Å². The molecule has 2 N–H and O–H groups in total. The van der Waals surface area contributed by atoms with Gasteiger partial charge in [-0.15, -0.1) is 0 Å². The van der Waals surface area contributed by atoms with Crippen molar-refractivity contribution in [1.82, 2.24) is 10.2 Å². The molecule has 0 radical (unpaired) electrons. The van der Waals surface area contributed by atoms with Gasteiger partial charge in [0.05, 0.1) is 0 Å². The summed E-state index contributed by atoms with van der Waals surface area (Å²) < 4.78 is 0. The lowest BCUT2D eigenvalue weighted by atomic mass is 9.97. The first-order valence-electron chi connectivity index (χ1n) is 7.09. The molecule has 2 atom stereocenters. The molecule has 0 aromatic rings. The molecule has 106 valence electrons. The van der Waals surface area contributed by atoms with Gasteiger partial charge >= 0.3 is 5.97 Å². The number of hydrogen-bond donors (Lipinski definition) is 2. The number of nitrogens with one attached hydrogen (secondary N) is 1. The van der Waals surface area contributed by atoms with Gasteiger partial charge in [0, 0.05) is 12.6 Å². The van der Waals surface area contributed by atoms with E-state index in [9.17, 15) is 9.90 Å². The van der Waals surface area contributed by atoms with E-state index in [1.165, 1.54) is 12.8 Å². The molecule has 0 aliphatic heterocycles. The third-order valence-corrected chi connectivity index (χ3v) is 4.20. The van der Waals surface area contributed by atoms with Crippen LogP contribution in [0.2, 0.25) is 0 Å². The van der Waals surface area contributed by atoms with Crippen LogP contribution < -0.4 is 5.32 Å². The van der Waals surface area contributed by atoms with Crippen LogP contribution in [0.3, 0.4) is 0 Å². The van der Waals surface area contributed by atoms with Crippen molar-refractivity contribution in [3.05, 3.63) is 0 Å². The van der Waals surface area contributed by atoms with E-state index < -0.39 is 11.5 Å². The Morgan fingerprint density at radius 1 is 1.56 bits per heavy atom. The van der Waals surface area contributed by atoms with Crippen molar-refractivity contribution in [3.8, 4) is 0 Å². The van der Waals surface area contributed by atoms with Crippen molar-refractivity contribution in [1.29, 1.82) is 0 Å². The van der Waals surface area contributed by atoms with Gasteiger partial charge in [-0.25, -0.2) is 0 Å². The summed E-state index contributed by atoms with van der Waals surface area (Å²) in [6.07, 6.45) is 4.26. The molecule has 2 unspecified atom stereocenters. The molecule has 0 aromatic carbocycles. The van der Waals surface area contributed by atoms with E-state index in [-0.39, 0.29) is 0 Å². The standard InChI is InChI=1S/C14H28N2O2/c1-5-9-15-14(3,13(17)18)8-10-16(4)11(2)12-6-7-12/h11-12,15H,5-10H2,1-4H3,(H,17,18). The zero-order chi connectivity index (χ0) is 13.8. The molecule has 4 heteroatoms. The average Bonchev–Trinajstić information content (AvgIpc) is 3.16. The van der Waals surface area contributed by atoms with Gasteiger partial charge in [-0.3, -0.25) is 4.79 Å². The molecule has 1 rings (SSSR count). The van der Waals surface area contributed by atoms with Crippen LogP contribution in [0, 0.1) is 5.92 Å². The predicted octanol–water partition coefficient (Wildman–Crippen LogP) is 1.95. The molecule has 4 nitrogen and oxygen atoms in total. The van der Waals surface area contributed by atoms with E-state index >= 15 is 0 Å². The minimum Gasteiger partial charge on any atom is -0.480 e. The highest BCUT2D eigenvalue weighted by molar-refractivity contribution is 5.78. The quantitative estimate of drug-likeness (QED) is 0.662. The third kappa shape index (κ3) is 4.25. The molecule has 0 spiro atoms. The summed E-state index contributed by atoms with van der Waals surface area (Å²) in [5.74, 6) is 0.0816. The highest BCUT2D eigenvalue weighted by Crippen LogP contribution is 2.34. The average molecular weight is 256 g/mol. The maximum Gasteiger partial charge on any atom is 0.323 e. The number of hydrogen-bond acceptors (Lipinski definition) is 3. The molecule has 1 saturated carbocycles. The van der Waals surface area contributed by atoms with Crippen LogP contribution in [-0.2, 0) is 4.79 Å². The molecular weight excluding hydrogens is 228 g/mol. The van der Waals surface area contributed by atoms with E-state index in [0.29, 0.717) is 12.5 Å². The molecule has 1 aliphatic carbocycles. The van der Waals surface area contributed by atoms with Crippen molar-refractivity contribution >= 4 is 5.97 Å². The van der Waals surface area contributed by atoms with Crippen LogP contribution in [0.4, 0.5) is 0 Å². The first-order valence-corrected chi connectivity index (χ1v) is 7.09. The lowest BCUT2D eigenvalue weighted by molar-refractivity contribution is -0.144. The fourth-order valence-electron chi connectivity index (χ4n) is 2.21. The largest absolute Gasteiger partial charge is 0.480 e. The fraction of sp³-hybridized carbons (Fsp3) is 0.929. The van der Waals surface area contributed by atoms with E-state index in [2.05, 4.69) is 31.1 Å². The van der Waals surface area contributed by atoms with Crippen LogP contribution in [0.1, 0.15) is 46.5 Å². The van der Waals surface area contributed by atoms with Gasteiger partial charge < -0.3 is 15.3 Å². The van der Waals surface area contributed by atoms with Gasteiger partial charge in [-0.1, -0.05) is 6.92 Å².